The average molecular weight is 615 g/mol. The summed E-state index contributed by atoms with van der Waals surface area (Å²) in [5.74, 6) is 1.10. The molecule has 0 atom stereocenters. The van der Waals surface area contributed by atoms with Crippen molar-refractivity contribution in [2.24, 2.45) is 0 Å². The van der Waals surface area contributed by atoms with Gasteiger partial charge >= 0.3 is 10.1 Å². The maximum atomic E-state index is 14.6. The Morgan fingerprint density at radius 2 is 1.07 bits per heavy atom. The molecule has 4 aliphatic carbocycles. The van der Waals surface area contributed by atoms with Gasteiger partial charge in [-0.25, -0.2) is 0 Å². The van der Waals surface area contributed by atoms with Crippen LogP contribution in [-0.4, -0.2) is 21.4 Å². The second-order valence-corrected chi connectivity index (χ2v) is 16.1. The van der Waals surface area contributed by atoms with Gasteiger partial charge in [0.05, 0.1) is 4.90 Å². The molecule has 1 N–H and O–H groups in total. The molecular weight excluding hydrogens is 569 g/mol. The maximum absolute atomic E-state index is 14.6. The minimum Gasteiger partial charge on any atom is -0.379 e. The molecule has 6 rings (SSSR count). The minimum absolute atomic E-state index is 0.135. The third-order valence-electron chi connectivity index (χ3n) is 10.5. The van der Waals surface area contributed by atoms with Crippen LogP contribution in [0.4, 0.5) is 0 Å². The summed E-state index contributed by atoms with van der Waals surface area (Å²) in [6.45, 7) is 0. The molecule has 0 radical (unpaired) electrons. The molecule has 0 aromatic heterocycles. The highest BCUT2D eigenvalue weighted by molar-refractivity contribution is 7.87. The molecule has 3 saturated carbocycles. The maximum Gasteiger partial charge on any atom is 0.339 e. The van der Waals surface area contributed by atoms with Gasteiger partial charge in [-0.2, -0.15) is 16.8 Å². The SMILES string of the molecule is O=S(=O)(O)c1ccc(OS(=O)(=O)c2c(C3CCCCC3)cc(C3CCCCC3)cc2C2CCCCC2)c2c1CCCC2. The Labute approximate surface area is 252 Å². The number of rotatable bonds is 7. The van der Waals surface area contributed by atoms with Crippen molar-refractivity contribution in [1.82, 2.24) is 0 Å². The molecule has 6 nitrogen and oxygen atoms in total. The third kappa shape index (κ3) is 6.32. The van der Waals surface area contributed by atoms with Gasteiger partial charge in [-0.05, 0) is 116 Å². The monoisotopic (exact) mass is 614 g/mol. The number of hydrogen-bond donors (Lipinski definition) is 1. The molecule has 0 bridgehead atoms. The number of fused-ring (bicyclic) bond motifs is 1. The fourth-order valence-corrected chi connectivity index (χ4v) is 10.7. The van der Waals surface area contributed by atoms with Crippen molar-refractivity contribution in [3.63, 3.8) is 0 Å². The van der Waals surface area contributed by atoms with Crippen LogP contribution in [0.15, 0.2) is 34.1 Å². The zero-order chi connectivity index (χ0) is 29.3. The number of hydrogen-bond acceptors (Lipinski definition) is 5. The predicted molar refractivity (Wildman–Crippen MR) is 165 cm³/mol. The average Bonchev–Trinajstić information content (AvgIpc) is 3.01. The van der Waals surface area contributed by atoms with Crippen molar-refractivity contribution >= 4 is 20.2 Å². The van der Waals surface area contributed by atoms with Gasteiger partial charge in [-0.3, -0.25) is 4.55 Å². The van der Waals surface area contributed by atoms with Gasteiger partial charge in [-0.15, -0.1) is 0 Å². The fraction of sp³-hybridized carbons (Fsp3) is 0.647. The normalized spacial score (nSPS) is 21.6. The Bertz CT molecular complexity index is 1450. The summed E-state index contributed by atoms with van der Waals surface area (Å²) in [5.41, 5.74) is 4.33. The molecule has 4 aliphatic rings. The molecule has 0 heterocycles. The van der Waals surface area contributed by atoms with Crippen LogP contribution in [0.5, 0.6) is 5.75 Å². The Kier molecular flexibility index (Phi) is 9.05. The van der Waals surface area contributed by atoms with Gasteiger partial charge in [0, 0.05) is 5.56 Å². The fourth-order valence-electron chi connectivity index (χ4n) is 8.37. The molecule has 2 aromatic rings. The van der Waals surface area contributed by atoms with Crippen LogP contribution in [0.2, 0.25) is 0 Å². The lowest BCUT2D eigenvalue weighted by Crippen LogP contribution is -2.22. The zero-order valence-corrected chi connectivity index (χ0v) is 26.4. The van der Waals surface area contributed by atoms with Crippen LogP contribution in [0.3, 0.4) is 0 Å². The van der Waals surface area contributed by atoms with E-state index < -0.39 is 20.2 Å². The van der Waals surface area contributed by atoms with E-state index in [2.05, 4.69) is 12.1 Å². The van der Waals surface area contributed by atoms with Crippen LogP contribution in [0.1, 0.15) is 155 Å². The molecule has 42 heavy (non-hydrogen) atoms. The van der Waals surface area contributed by atoms with E-state index in [9.17, 15) is 21.4 Å². The highest BCUT2D eigenvalue weighted by Crippen LogP contribution is 2.46. The van der Waals surface area contributed by atoms with Crippen molar-refractivity contribution in [1.29, 1.82) is 0 Å². The first-order valence-electron chi connectivity index (χ1n) is 16.5. The van der Waals surface area contributed by atoms with Crippen LogP contribution < -0.4 is 4.18 Å². The lowest BCUT2D eigenvalue weighted by molar-refractivity contribution is 0.414. The molecule has 3 fully saturated rings. The smallest absolute Gasteiger partial charge is 0.339 e. The topological polar surface area (TPSA) is 97.7 Å². The summed E-state index contributed by atoms with van der Waals surface area (Å²) in [5, 5.41) is 0. The van der Waals surface area contributed by atoms with E-state index in [0.717, 1.165) is 75.3 Å². The third-order valence-corrected chi connectivity index (χ3v) is 12.8. The second-order valence-electron chi connectivity index (χ2n) is 13.3. The molecule has 2 aromatic carbocycles. The first kappa shape index (κ1) is 30.1. The van der Waals surface area contributed by atoms with Gasteiger partial charge < -0.3 is 4.18 Å². The molecular formula is C34H46O6S2. The molecule has 0 saturated heterocycles. The minimum atomic E-state index is -4.42. The van der Waals surface area contributed by atoms with E-state index >= 15 is 0 Å². The van der Waals surface area contributed by atoms with Crippen molar-refractivity contribution < 1.29 is 25.6 Å². The summed E-state index contributed by atoms with van der Waals surface area (Å²) >= 11 is 0. The number of benzene rings is 2. The van der Waals surface area contributed by atoms with Gasteiger partial charge in [0.1, 0.15) is 10.6 Å². The van der Waals surface area contributed by atoms with Crippen LogP contribution >= 0.6 is 0 Å². The molecule has 0 amide bonds. The van der Waals surface area contributed by atoms with Gasteiger partial charge in [0.25, 0.3) is 10.1 Å². The Hall–Kier alpha value is -1.90. The van der Waals surface area contributed by atoms with Crippen LogP contribution in [0, 0.1) is 0 Å². The summed E-state index contributed by atoms with van der Waals surface area (Å²) < 4.78 is 69.4. The highest BCUT2D eigenvalue weighted by atomic mass is 32.2. The quantitative estimate of drug-likeness (QED) is 0.247. The van der Waals surface area contributed by atoms with E-state index in [1.54, 1.807) is 0 Å². The first-order chi connectivity index (χ1) is 20.2. The van der Waals surface area contributed by atoms with E-state index in [1.807, 2.05) is 0 Å². The Morgan fingerprint density at radius 1 is 0.595 bits per heavy atom. The molecule has 8 heteroatoms. The summed E-state index contributed by atoms with van der Waals surface area (Å²) in [7, 11) is -8.63. The highest BCUT2D eigenvalue weighted by Gasteiger charge is 2.35. The van der Waals surface area contributed by atoms with Gasteiger partial charge in [-0.1, -0.05) is 69.9 Å². The summed E-state index contributed by atoms with van der Waals surface area (Å²) in [6.07, 6.45) is 19.5. The van der Waals surface area contributed by atoms with E-state index in [1.165, 1.54) is 62.6 Å². The van der Waals surface area contributed by atoms with Crippen LogP contribution in [0.25, 0.3) is 0 Å². The largest absolute Gasteiger partial charge is 0.379 e. The van der Waals surface area contributed by atoms with Gasteiger partial charge in [0.2, 0.25) is 0 Å². The van der Waals surface area contributed by atoms with Crippen molar-refractivity contribution in [2.45, 2.75) is 150 Å². The first-order valence-corrected chi connectivity index (χ1v) is 19.3. The summed E-state index contributed by atoms with van der Waals surface area (Å²) in [6, 6.07) is 7.22. The van der Waals surface area contributed by atoms with Gasteiger partial charge in [0.15, 0.2) is 0 Å². The van der Waals surface area contributed by atoms with Crippen LogP contribution in [-0.2, 0) is 33.1 Å². The van der Waals surface area contributed by atoms with E-state index in [-0.39, 0.29) is 22.5 Å². The van der Waals surface area contributed by atoms with Crippen molar-refractivity contribution in [3.8, 4) is 5.75 Å². The lowest BCUT2D eigenvalue weighted by atomic mass is 9.76. The van der Waals surface area contributed by atoms with E-state index in [4.69, 9.17) is 4.18 Å². The second kappa shape index (κ2) is 12.6. The van der Waals surface area contributed by atoms with E-state index in [0.29, 0.717) is 34.8 Å². The van der Waals surface area contributed by atoms with Crippen molar-refractivity contribution in [3.05, 3.63) is 52.1 Å². The lowest BCUT2D eigenvalue weighted by Gasteiger charge is -2.32. The van der Waals surface area contributed by atoms with Crippen molar-refractivity contribution in [2.75, 3.05) is 0 Å². The molecule has 230 valence electrons. The summed E-state index contributed by atoms with van der Waals surface area (Å²) in [4.78, 5) is 0.258. The zero-order valence-electron chi connectivity index (χ0n) is 24.8. The Balaban J connectivity index is 1.49. The standard InChI is InChI=1S/C34H46O6S2/c35-41(36,37)33-21-20-32(28-18-10-11-19-29(28)33)40-42(38,39)34-30(25-14-6-2-7-15-25)22-27(24-12-4-1-5-13-24)23-31(34)26-16-8-3-9-17-26/h20-26H,1-19H2,(H,35,36,37). The Morgan fingerprint density at radius 3 is 1.57 bits per heavy atom. The molecule has 0 spiro atoms. The predicted octanol–water partition coefficient (Wildman–Crippen LogP) is 8.72. The molecule has 0 unspecified atom stereocenters. The molecule has 0 aliphatic heterocycles.